The van der Waals surface area contributed by atoms with Crippen LogP contribution >= 0.6 is 0 Å². The van der Waals surface area contributed by atoms with Crippen LogP contribution in [0, 0.1) is 11.3 Å². The van der Waals surface area contributed by atoms with Gasteiger partial charge in [0.05, 0.1) is 24.2 Å². The van der Waals surface area contributed by atoms with Crippen LogP contribution in [0.5, 0.6) is 0 Å². The molecule has 57 heavy (non-hydrogen) atoms. The summed E-state index contributed by atoms with van der Waals surface area (Å²) in [7, 11) is 0. The van der Waals surface area contributed by atoms with Crippen LogP contribution in [0.3, 0.4) is 0 Å². The van der Waals surface area contributed by atoms with Gasteiger partial charge in [0.15, 0.2) is 0 Å². The molecule has 0 aromatic rings. The highest BCUT2D eigenvalue weighted by Gasteiger charge is 2.56. The summed E-state index contributed by atoms with van der Waals surface area (Å²) in [5.41, 5.74) is -0.797. The van der Waals surface area contributed by atoms with Gasteiger partial charge < -0.3 is 28.4 Å². The second kappa shape index (κ2) is 23.0. The highest BCUT2D eigenvalue weighted by atomic mass is 19.3. The Bertz CT molecular complexity index is 1330. The maximum atomic E-state index is 13.9. The molecule has 0 N–H and O–H groups in total. The first-order chi connectivity index (χ1) is 26.3. The summed E-state index contributed by atoms with van der Waals surface area (Å²) in [6, 6.07) is 0. The molecule has 0 saturated heterocycles. The van der Waals surface area contributed by atoms with E-state index in [2.05, 4.69) is 18.9 Å². The summed E-state index contributed by atoms with van der Waals surface area (Å²) in [4.78, 5) is 69.1. The fraction of sp³-hybridized carbons (Fsp3) is 0.838. The van der Waals surface area contributed by atoms with Gasteiger partial charge in [0.2, 0.25) is 0 Å². The number of ether oxygens (including phenoxy) is 6. The van der Waals surface area contributed by atoms with Crippen molar-refractivity contribution in [2.24, 2.45) is 11.3 Å². The van der Waals surface area contributed by atoms with Crippen molar-refractivity contribution >= 4 is 35.8 Å². The Morgan fingerprint density at radius 1 is 0.509 bits per heavy atom. The van der Waals surface area contributed by atoms with Crippen molar-refractivity contribution in [3.63, 3.8) is 0 Å². The zero-order valence-corrected chi connectivity index (χ0v) is 32.9. The maximum Gasteiger partial charge on any atom is 0.377 e. The topological polar surface area (TPSA) is 158 Å². The van der Waals surface area contributed by atoms with Crippen molar-refractivity contribution in [3.05, 3.63) is 0 Å². The van der Waals surface area contributed by atoms with E-state index in [-0.39, 0.29) is 0 Å². The number of rotatable bonds is 20. The largest absolute Gasteiger partial charge is 0.462 e. The van der Waals surface area contributed by atoms with Crippen LogP contribution in [0.25, 0.3) is 0 Å². The Morgan fingerprint density at radius 2 is 0.825 bits per heavy atom. The standard InChI is InChI=1S/C19H28F4O6.C18H26F4O6/c1-4-17(2,3)14(24)27-10-11-28-15(25)18(20,21)12-19(22,23)16(26)29-13-8-6-5-7-9-13;1-3-12(2)14(23)26-9-10-27-15(24)17(19,20)11-18(21,22)16(25)28-13-7-5-4-6-8-13/h13H,4-12H2,1-3H3;12-13H,3-11H2,1-2H3. The maximum absolute atomic E-state index is 13.9. The van der Waals surface area contributed by atoms with Gasteiger partial charge in [0.1, 0.15) is 38.6 Å². The van der Waals surface area contributed by atoms with E-state index < -0.39 is 122 Å². The smallest absolute Gasteiger partial charge is 0.377 e. The van der Waals surface area contributed by atoms with Gasteiger partial charge in [0, 0.05) is 0 Å². The van der Waals surface area contributed by atoms with E-state index in [0.717, 1.165) is 12.8 Å². The number of hydrogen-bond acceptors (Lipinski definition) is 12. The first kappa shape index (κ1) is 51.3. The quantitative estimate of drug-likeness (QED) is 0.0510. The molecular weight excluding hydrogens is 788 g/mol. The molecule has 0 bridgehead atoms. The van der Waals surface area contributed by atoms with E-state index in [1.165, 1.54) is 0 Å². The van der Waals surface area contributed by atoms with Gasteiger partial charge >= 0.3 is 59.5 Å². The van der Waals surface area contributed by atoms with Crippen LogP contribution in [0.4, 0.5) is 35.1 Å². The molecule has 1 unspecified atom stereocenters. The van der Waals surface area contributed by atoms with Crippen LogP contribution in [0.2, 0.25) is 0 Å². The molecule has 330 valence electrons. The van der Waals surface area contributed by atoms with Crippen molar-refractivity contribution in [1.82, 2.24) is 0 Å². The van der Waals surface area contributed by atoms with E-state index in [1.807, 2.05) is 0 Å². The normalized spacial score (nSPS) is 16.6. The molecule has 0 aromatic carbocycles. The SMILES string of the molecule is CCC(C)(C)C(=O)OCCOC(=O)C(F)(F)CC(F)(F)C(=O)OC1CCCCC1.CCC(C)C(=O)OCCOC(=O)C(F)(F)CC(F)(F)C(=O)OC1CCCCC1. The average molecular weight is 843 g/mol. The van der Waals surface area contributed by atoms with E-state index in [4.69, 9.17) is 9.47 Å². The lowest BCUT2D eigenvalue weighted by atomic mass is 9.91. The van der Waals surface area contributed by atoms with Crippen LogP contribution < -0.4 is 0 Å². The van der Waals surface area contributed by atoms with Crippen LogP contribution in [-0.4, -0.2) is 98.1 Å². The average Bonchev–Trinajstić information content (AvgIpc) is 3.14. The Morgan fingerprint density at radius 3 is 1.16 bits per heavy atom. The Hall–Kier alpha value is -3.74. The summed E-state index contributed by atoms with van der Waals surface area (Å²) in [5.74, 6) is -28.5. The van der Waals surface area contributed by atoms with Gasteiger partial charge in [-0.05, 0) is 78.1 Å². The van der Waals surface area contributed by atoms with Crippen molar-refractivity contribution in [1.29, 1.82) is 0 Å². The molecule has 20 heteroatoms. The minimum Gasteiger partial charge on any atom is -0.462 e. The molecule has 0 heterocycles. The molecule has 12 nitrogen and oxygen atoms in total. The Kier molecular flexibility index (Phi) is 20.7. The lowest BCUT2D eigenvalue weighted by Crippen LogP contribution is -2.43. The number of esters is 6. The molecule has 0 aliphatic heterocycles. The van der Waals surface area contributed by atoms with Crippen molar-refractivity contribution in [2.45, 2.75) is 160 Å². The predicted octanol–water partition coefficient (Wildman–Crippen LogP) is 7.70. The highest BCUT2D eigenvalue weighted by Crippen LogP contribution is 2.35. The number of halogens is 8. The number of alkyl halides is 8. The molecule has 0 amide bonds. The molecule has 0 aromatic heterocycles. The second-order valence-electron chi connectivity index (χ2n) is 14.6. The first-order valence-corrected chi connectivity index (χ1v) is 18.9. The van der Waals surface area contributed by atoms with Gasteiger partial charge in [-0.3, -0.25) is 9.59 Å². The van der Waals surface area contributed by atoms with Crippen molar-refractivity contribution < 1.29 is 92.3 Å². The third kappa shape index (κ3) is 18.2. The third-order valence-corrected chi connectivity index (χ3v) is 9.30. The molecule has 2 aliphatic carbocycles. The molecule has 2 saturated carbocycles. The fourth-order valence-electron chi connectivity index (χ4n) is 5.09. The van der Waals surface area contributed by atoms with E-state index >= 15 is 0 Å². The van der Waals surface area contributed by atoms with E-state index in [1.54, 1.807) is 34.6 Å². The van der Waals surface area contributed by atoms with Crippen molar-refractivity contribution in [3.8, 4) is 0 Å². The number of hydrogen-bond donors (Lipinski definition) is 0. The Balaban J connectivity index is 0.000000570. The third-order valence-electron chi connectivity index (χ3n) is 9.30. The summed E-state index contributed by atoms with van der Waals surface area (Å²) >= 11 is 0. The van der Waals surface area contributed by atoms with Gasteiger partial charge in [-0.2, -0.15) is 35.1 Å². The lowest BCUT2D eigenvalue weighted by molar-refractivity contribution is -0.201. The van der Waals surface area contributed by atoms with Gasteiger partial charge in [-0.1, -0.05) is 33.6 Å². The van der Waals surface area contributed by atoms with Crippen molar-refractivity contribution in [2.75, 3.05) is 26.4 Å². The highest BCUT2D eigenvalue weighted by molar-refractivity contribution is 5.83. The van der Waals surface area contributed by atoms with E-state index in [9.17, 15) is 63.9 Å². The molecule has 2 aliphatic rings. The Labute approximate surface area is 326 Å². The summed E-state index contributed by atoms with van der Waals surface area (Å²) in [5, 5.41) is 0. The minimum absolute atomic E-state index is 0.397. The monoisotopic (exact) mass is 842 g/mol. The number of carbonyl (C=O) groups excluding carboxylic acids is 6. The fourth-order valence-corrected chi connectivity index (χ4v) is 5.09. The zero-order chi connectivity index (χ0) is 43.7. The molecule has 1 atom stereocenters. The summed E-state index contributed by atoms with van der Waals surface area (Å²) in [6.45, 7) is 5.90. The second-order valence-corrected chi connectivity index (χ2v) is 14.6. The summed E-state index contributed by atoms with van der Waals surface area (Å²) in [6.07, 6.45) is 0.979. The van der Waals surface area contributed by atoms with Gasteiger partial charge in [0.25, 0.3) is 0 Å². The number of carbonyl (C=O) groups is 6. The summed E-state index contributed by atoms with van der Waals surface area (Å²) < 4.78 is 138. The lowest BCUT2D eigenvalue weighted by Gasteiger charge is -2.25. The molecule has 2 fully saturated rings. The predicted molar refractivity (Wildman–Crippen MR) is 182 cm³/mol. The van der Waals surface area contributed by atoms with Crippen LogP contribution in [-0.2, 0) is 57.2 Å². The first-order valence-electron chi connectivity index (χ1n) is 18.9. The minimum atomic E-state index is -4.61. The van der Waals surface area contributed by atoms with Gasteiger partial charge in [-0.25, -0.2) is 19.2 Å². The molecule has 0 spiro atoms. The van der Waals surface area contributed by atoms with Crippen LogP contribution in [0.15, 0.2) is 0 Å². The molecule has 0 radical (unpaired) electrons. The van der Waals surface area contributed by atoms with Gasteiger partial charge in [-0.15, -0.1) is 0 Å². The molecule has 2 rings (SSSR count). The van der Waals surface area contributed by atoms with Crippen LogP contribution in [0.1, 0.15) is 125 Å². The molecular formula is C37H54F8O12. The van der Waals surface area contributed by atoms with E-state index in [0.29, 0.717) is 64.2 Å². The zero-order valence-electron chi connectivity index (χ0n) is 32.9.